The number of fused-ring (bicyclic) bond motifs is 1. The summed E-state index contributed by atoms with van der Waals surface area (Å²) >= 11 is 9.16. The van der Waals surface area contributed by atoms with Gasteiger partial charge in [0, 0.05) is 5.56 Å². The Hall–Kier alpha value is -0.490. The number of halogens is 2. The largest absolute Gasteiger partial charge is 0.454 e. The van der Waals surface area contributed by atoms with E-state index in [9.17, 15) is 0 Å². The molecule has 3 rings (SSSR count). The molecule has 1 aromatic carbocycles. The predicted molar refractivity (Wildman–Crippen MR) is 64.6 cm³/mol. The fourth-order valence-corrected chi connectivity index (χ4v) is 2.56. The van der Waals surface area contributed by atoms with Gasteiger partial charge < -0.3 is 18.9 Å². The highest BCUT2D eigenvalue weighted by molar-refractivity contribution is 9.10. The highest BCUT2D eigenvalue weighted by atomic mass is 79.9. The van der Waals surface area contributed by atoms with Gasteiger partial charge in [0.05, 0.1) is 23.1 Å². The first kappa shape index (κ1) is 11.6. The molecule has 0 bridgehead atoms. The van der Waals surface area contributed by atoms with E-state index in [1.807, 2.05) is 12.1 Å². The minimum absolute atomic E-state index is 0.0501. The molecule has 0 aliphatic carbocycles. The van der Waals surface area contributed by atoms with Gasteiger partial charge in [-0.2, -0.15) is 0 Å². The zero-order valence-electron chi connectivity index (χ0n) is 8.82. The first-order valence-electron chi connectivity index (χ1n) is 5.20. The van der Waals surface area contributed by atoms with E-state index < -0.39 is 0 Å². The second-order valence-electron chi connectivity index (χ2n) is 3.81. The van der Waals surface area contributed by atoms with Crippen LogP contribution in [-0.2, 0) is 9.47 Å². The van der Waals surface area contributed by atoms with Crippen LogP contribution in [0, 0.1) is 0 Å². The molecule has 1 saturated heterocycles. The Morgan fingerprint density at radius 2 is 2.24 bits per heavy atom. The minimum atomic E-state index is -0.385. The van der Waals surface area contributed by atoms with Crippen LogP contribution in [0.15, 0.2) is 16.6 Å². The molecule has 2 aliphatic rings. The van der Waals surface area contributed by atoms with Crippen molar-refractivity contribution in [3.05, 3.63) is 22.2 Å². The molecule has 17 heavy (non-hydrogen) atoms. The van der Waals surface area contributed by atoms with E-state index in [2.05, 4.69) is 15.9 Å². The second-order valence-corrected chi connectivity index (χ2v) is 4.98. The molecule has 6 heteroatoms. The van der Waals surface area contributed by atoms with E-state index in [4.69, 9.17) is 30.5 Å². The molecule has 0 radical (unpaired) electrons. The van der Waals surface area contributed by atoms with E-state index >= 15 is 0 Å². The van der Waals surface area contributed by atoms with Crippen molar-refractivity contribution in [2.24, 2.45) is 0 Å². The Bertz CT molecular complexity index is 440. The number of benzene rings is 1. The maximum atomic E-state index is 5.73. The average molecular weight is 322 g/mol. The van der Waals surface area contributed by atoms with Gasteiger partial charge in [-0.1, -0.05) is 0 Å². The smallest absolute Gasteiger partial charge is 0.231 e. The average Bonchev–Trinajstić information content (AvgIpc) is 2.97. The summed E-state index contributed by atoms with van der Waals surface area (Å²) in [5.41, 5.74) is 0.897. The number of ether oxygens (including phenoxy) is 4. The lowest BCUT2D eigenvalue weighted by Crippen LogP contribution is -2.10. The van der Waals surface area contributed by atoms with Crippen LogP contribution >= 0.6 is 27.5 Å². The summed E-state index contributed by atoms with van der Waals surface area (Å²) in [4.78, 5) is 0. The predicted octanol–water partition coefficient (Wildman–Crippen LogP) is 2.83. The fraction of sp³-hybridized carbons (Fsp3) is 0.455. The molecule has 4 nitrogen and oxygen atoms in total. The second kappa shape index (κ2) is 4.65. The van der Waals surface area contributed by atoms with Gasteiger partial charge in [-0.05, 0) is 28.1 Å². The maximum Gasteiger partial charge on any atom is 0.231 e. The summed E-state index contributed by atoms with van der Waals surface area (Å²) in [6, 6.07) is 3.78. The van der Waals surface area contributed by atoms with Gasteiger partial charge in [0.25, 0.3) is 0 Å². The Kier molecular flexibility index (Phi) is 3.17. The molecule has 2 heterocycles. The van der Waals surface area contributed by atoms with Gasteiger partial charge in [-0.25, -0.2) is 0 Å². The summed E-state index contributed by atoms with van der Waals surface area (Å²) in [5.74, 6) is 1.86. The van der Waals surface area contributed by atoms with Gasteiger partial charge in [-0.3, -0.25) is 0 Å². The molecule has 1 fully saturated rings. The van der Waals surface area contributed by atoms with Crippen LogP contribution in [0.3, 0.4) is 0 Å². The third-order valence-electron chi connectivity index (χ3n) is 2.64. The van der Waals surface area contributed by atoms with Crippen LogP contribution < -0.4 is 9.47 Å². The molecular formula is C11H10BrClO4. The summed E-state index contributed by atoms with van der Waals surface area (Å²) in [6.45, 7) is 0.758. The van der Waals surface area contributed by atoms with E-state index in [0.29, 0.717) is 18.2 Å². The number of hydrogen-bond donors (Lipinski definition) is 0. The number of alkyl halides is 1. The molecule has 0 N–H and O–H groups in total. The van der Waals surface area contributed by atoms with Gasteiger partial charge in [0.2, 0.25) is 6.79 Å². The highest BCUT2D eigenvalue weighted by Gasteiger charge is 2.29. The minimum Gasteiger partial charge on any atom is -0.454 e. The molecule has 1 aromatic rings. The van der Waals surface area contributed by atoms with Crippen molar-refractivity contribution in [2.75, 3.05) is 19.3 Å². The lowest BCUT2D eigenvalue weighted by molar-refractivity contribution is -0.0568. The fourth-order valence-electron chi connectivity index (χ4n) is 1.83. The zero-order valence-corrected chi connectivity index (χ0v) is 11.2. The van der Waals surface area contributed by atoms with Crippen LogP contribution in [-0.4, -0.2) is 25.4 Å². The Balaban J connectivity index is 1.87. The number of rotatable bonds is 2. The van der Waals surface area contributed by atoms with Crippen molar-refractivity contribution in [1.82, 2.24) is 0 Å². The van der Waals surface area contributed by atoms with Crippen LogP contribution in [0.1, 0.15) is 11.9 Å². The van der Waals surface area contributed by atoms with Crippen molar-refractivity contribution in [3.8, 4) is 11.5 Å². The lowest BCUT2D eigenvalue weighted by Gasteiger charge is -2.12. The molecular weight excluding hydrogens is 311 g/mol. The lowest BCUT2D eigenvalue weighted by atomic mass is 10.2. The molecule has 0 spiro atoms. The molecule has 2 aliphatic heterocycles. The Labute approximate surface area is 112 Å². The summed E-state index contributed by atoms with van der Waals surface area (Å²) in [7, 11) is 0. The monoisotopic (exact) mass is 320 g/mol. The normalized spacial score (nSPS) is 26.5. The summed E-state index contributed by atoms with van der Waals surface area (Å²) in [5, 5.41) is 0. The zero-order chi connectivity index (χ0) is 11.8. The first-order valence-corrected chi connectivity index (χ1v) is 6.53. The van der Waals surface area contributed by atoms with Crippen molar-refractivity contribution in [3.63, 3.8) is 0 Å². The van der Waals surface area contributed by atoms with E-state index in [1.54, 1.807) is 0 Å². The van der Waals surface area contributed by atoms with E-state index in [0.717, 1.165) is 15.8 Å². The topological polar surface area (TPSA) is 36.9 Å². The van der Waals surface area contributed by atoms with Gasteiger partial charge in [-0.15, -0.1) is 11.6 Å². The maximum absolute atomic E-state index is 5.73. The van der Waals surface area contributed by atoms with Crippen molar-refractivity contribution in [2.45, 2.75) is 12.4 Å². The quantitative estimate of drug-likeness (QED) is 0.785. The van der Waals surface area contributed by atoms with E-state index in [-0.39, 0.29) is 19.2 Å². The SMILES string of the molecule is ClCC1COC(c2cc(Br)c3c(c2)OCO3)O1. The van der Waals surface area contributed by atoms with Crippen LogP contribution in [0.4, 0.5) is 0 Å². The van der Waals surface area contributed by atoms with Crippen LogP contribution in [0.5, 0.6) is 11.5 Å². The van der Waals surface area contributed by atoms with Crippen LogP contribution in [0.25, 0.3) is 0 Å². The van der Waals surface area contributed by atoms with Gasteiger partial charge in [0.1, 0.15) is 0 Å². The van der Waals surface area contributed by atoms with Crippen molar-refractivity contribution < 1.29 is 18.9 Å². The van der Waals surface area contributed by atoms with Crippen molar-refractivity contribution >= 4 is 27.5 Å². The third-order valence-corrected chi connectivity index (χ3v) is 3.58. The van der Waals surface area contributed by atoms with Crippen molar-refractivity contribution in [1.29, 1.82) is 0 Å². The molecule has 0 amide bonds. The van der Waals surface area contributed by atoms with Gasteiger partial charge >= 0.3 is 0 Å². The van der Waals surface area contributed by atoms with Crippen LogP contribution in [0.2, 0.25) is 0 Å². The van der Waals surface area contributed by atoms with Gasteiger partial charge in [0.15, 0.2) is 17.8 Å². The standard InChI is InChI=1S/C11H10BrClO4/c12-8-1-6(2-9-10(8)16-5-15-9)11-14-4-7(3-13)17-11/h1-2,7,11H,3-5H2. The number of hydrogen-bond acceptors (Lipinski definition) is 4. The third kappa shape index (κ3) is 2.12. The highest BCUT2D eigenvalue weighted by Crippen LogP contribution is 2.42. The summed E-state index contributed by atoms with van der Waals surface area (Å²) in [6.07, 6.45) is -0.435. The molecule has 92 valence electrons. The first-order chi connectivity index (χ1) is 8.28. The molecule has 0 saturated carbocycles. The van der Waals surface area contributed by atoms with E-state index in [1.165, 1.54) is 0 Å². The summed E-state index contributed by atoms with van der Waals surface area (Å²) < 4.78 is 22.7. The Morgan fingerprint density at radius 1 is 1.35 bits per heavy atom. The molecule has 2 atom stereocenters. The Morgan fingerprint density at radius 3 is 3.00 bits per heavy atom. The molecule has 2 unspecified atom stereocenters. The molecule has 0 aromatic heterocycles.